The molecule has 1 N–H and O–H groups in total. The topological polar surface area (TPSA) is 74.8 Å². The third-order valence-corrected chi connectivity index (χ3v) is 7.15. The van der Waals surface area contributed by atoms with E-state index in [2.05, 4.69) is 12.2 Å². The number of aromatic nitrogens is 1. The molecule has 0 unspecified atom stereocenters. The zero-order valence-corrected chi connectivity index (χ0v) is 18.9. The second kappa shape index (κ2) is 7.15. The summed E-state index contributed by atoms with van der Waals surface area (Å²) in [5, 5.41) is 2.85. The Balaban J connectivity index is 1.57. The van der Waals surface area contributed by atoms with Gasteiger partial charge in [-0.05, 0) is 57.5 Å². The summed E-state index contributed by atoms with van der Waals surface area (Å²) in [7, 11) is 0. The molecular formula is C23H24ClFN4O3. The predicted octanol–water partition coefficient (Wildman–Crippen LogP) is 3.38. The second-order valence-corrected chi connectivity index (χ2v) is 9.60. The number of benzene rings is 1. The maximum absolute atomic E-state index is 14.2. The molecule has 7 nitrogen and oxygen atoms in total. The fourth-order valence-corrected chi connectivity index (χ4v) is 5.02. The van der Waals surface area contributed by atoms with Crippen molar-refractivity contribution in [2.24, 2.45) is 0 Å². The van der Waals surface area contributed by atoms with Crippen LogP contribution in [0.3, 0.4) is 0 Å². The fourth-order valence-electron chi connectivity index (χ4n) is 4.90. The number of carbonyl (C=O) groups is 2. The van der Waals surface area contributed by atoms with Crippen molar-refractivity contribution < 1.29 is 18.7 Å². The lowest BCUT2D eigenvalue weighted by molar-refractivity contribution is -0.133. The van der Waals surface area contributed by atoms with Gasteiger partial charge in [0.25, 0.3) is 5.91 Å². The number of piperazine rings is 1. The van der Waals surface area contributed by atoms with Gasteiger partial charge >= 0.3 is 0 Å². The Hall–Kier alpha value is -2.71. The summed E-state index contributed by atoms with van der Waals surface area (Å²) >= 11 is 5.88. The van der Waals surface area contributed by atoms with Gasteiger partial charge in [0.05, 0.1) is 28.4 Å². The standard InChI is InChI=1S/C23H24ClFN4O3/c1-22(2)20(31)26-9-10-28(22)19(30)16-6-7-17-18(27-16)23(3)8-11-32-21(23)29(17)13-4-5-14(24)15(25)12-13/h4-7,12,21H,8-11H2,1-3H3,(H,26,31)/t21-,23-/m0/s1. The number of carbonyl (C=O) groups excluding carboxylic acids is 2. The summed E-state index contributed by atoms with van der Waals surface area (Å²) in [6, 6.07) is 8.13. The Morgan fingerprint density at radius 2 is 2.06 bits per heavy atom. The smallest absolute Gasteiger partial charge is 0.273 e. The van der Waals surface area contributed by atoms with Crippen LogP contribution >= 0.6 is 11.6 Å². The lowest BCUT2D eigenvalue weighted by atomic mass is 9.85. The highest BCUT2D eigenvalue weighted by Gasteiger charge is 2.54. The van der Waals surface area contributed by atoms with E-state index < -0.39 is 16.8 Å². The minimum absolute atomic E-state index is 0.0514. The molecule has 1 aromatic heterocycles. The highest BCUT2D eigenvalue weighted by Crippen LogP contribution is 2.53. The van der Waals surface area contributed by atoms with E-state index in [-0.39, 0.29) is 28.8 Å². The van der Waals surface area contributed by atoms with Crippen LogP contribution in [0.15, 0.2) is 30.3 Å². The van der Waals surface area contributed by atoms with Crippen molar-refractivity contribution in [3.05, 3.63) is 52.6 Å². The number of pyridine rings is 1. The molecule has 3 aliphatic rings. The van der Waals surface area contributed by atoms with Crippen LogP contribution in [0, 0.1) is 5.82 Å². The van der Waals surface area contributed by atoms with Gasteiger partial charge in [-0.15, -0.1) is 0 Å². The third-order valence-electron chi connectivity index (χ3n) is 6.85. The van der Waals surface area contributed by atoms with E-state index in [4.69, 9.17) is 21.3 Å². The zero-order valence-electron chi connectivity index (χ0n) is 18.1. The average molecular weight is 459 g/mol. The van der Waals surface area contributed by atoms with Crippen molar-refractivity contribution in [3.63, 3.8) is 0 Å². The molecule has 0 spiro atoms. The number of rotatable bonds is 2. The second-order valence-electron chi connectivity index (χ2n) is 9.19. The molecule has 0 radical (unpaired) electrons. The number of hydrogen-bond donors (Lipinski definition) is 1. The normalized spacial score (nSPS) is 26.0. The number of halogens is 2. The van der Waals surface area contributed by atoms with Crippen LogP contribution in [0.1, 0.15) is 43.4 Å². The molecule has 168 valence electrons. The van der Waals surface area contributed by atoms with Gasteiger partial charge in [0.2, 0.25) is 5.91 Å². The molecule has 2 amide bonds. The van der Waals surface area contributed by atoms with E-state index in [0.29, 0.717) is 25.4 Å². The first-order valence-corrected chi connectivity index (χ1v) is 11.0. The monoisotopic (exact) mass is 458 g/mol. The van der Waals surface area contributed by atoms with Crippen LogP contribution < -0.4 is 10.2 Å². The van der Waals surface area contributed by atoms with Crippen LogP contribution in [-0.2, 0) is 14.9 Å². The first-order chi connectivity index (χ1) is 15.1. The molecule has 2 atom stereocenters. The van der Waals surface area contributed by atoms with E-state index in [9.17, 15) is 14.0 Å². The Morgan fingerprint density at radius 1 is 1.28 bits per heavy atom. The molecule has 3 aliphatic heterocycles. The number of hydrogen-bond acceptors (Lipinski definition) is 5. The van der Waals surface area contributed by atoms with E-state index in [1.54, 1.807) is 30.9 Å². The minimum Gasteiger partial charge on any atom is -0.357 e. The summed E-state index contributed by atoms with van der Waals surface area (Å²) in [6.45, 7) is 6.86. The van der Waals surface area contributed by atoms with Gasteiger partial charge in [-0.3, -0.25) is 9.59 Å². The van der Waals surface area contributed by atoms with Crippen LogP contribution in [0.25, 0.3) is 0 Å². The predicted molar refractivity (Wildman–Crippen MR) is 118 cm³/mol. The Kier molecular flexibility index (Phi) is 4.73. The maximum Gasteiger partial charge on any atom is 0.273 e. The van der Waals surface area contributed by atoms with Crippen LogP contribution in [0.5, 0.6) is 0 Å². The molecule has 0 aliphatic carbocycles. The van der Waals surface area contributed by atoms with Crippen molar-refractivity contribution in [3.8, 4) is 0 Å². The van der Waals surface area contributed by atoms with Gasteiger partial charge in [0.15, 0.2) is 0 Å². The maximum atomic E-state index is 14.2. The number of amides is 2. The van der Waals surface area contributed by atoms with Gasteiger partial charge in [-0.1, -0.05) is 11.6 Å². The average Bonchev–Trinajstić information content (AvgIpc) is 3.24. The zero-order chi connectivity index (χ0) is 22.8. The molecule has 9 heteroatoms. The van der Waals surface area contributed by atoms with Crippen molar-refractivity contribution in [2.75, 3.05) is 24.6 Å². The third kappa shape index (κ3) is 2.93. The Bertz CT molecular complexity index is 1140. The van der Waals surface area contributed by atoms with Crippen molar-refractivity contribution in [1.29, 1.82) is 0 Å². The van der Waals surface area contributed by atoms with E-state index in [0.717, 1.165) is 17.8 Å². The molecule has 0 bridgehead atoms. The van der Waals surface area contributed by atoms with E-state index in [1.165, 1.54) is 12.1 Å². The van der Waals surface area contributed by atoms with Crippen LogP contribution in [0.4, 0.5) is 15.8 Å². The fraction of sp³-hybridized carbons (Fsp3) is 0.435. The number of nitrogens with one attached hydrogen (secondary N) is 1. The summed E-state index contributed by atoms with van der Waals surface area (Å²) in [5.41, 5.74) is 0.968. The van der Waals surface area contributed by atoms with Gasteiger partial charge in [-0.2, -0.15) is 0 Å². The van der Waals surface area contributed by atoms with Gasteiger partial charge in [0, 0.05) is 18.8 Å². The van der Waals surface area contributed by atoms with Gasteiger partial charge in [0.1, 0.15) is 23.3 Å². The van der Waals surface area contributed by atoms with Gasteiger partial charge in [-0.25, -0.2) is 9.37 Å². The molecular weight excluding hydrogens is 435 g/mol. The number of nitrogens with zero attached hydrogens (tertiary/aromatic N) is 3. The highest BCUT2D eigenvalue weighted by atomic mass is 35.5. The summed E-state index contributed by atoms with van der Waals surface area (Å²) in [5.74, 6) is -0.990. The number of fused-ring (bicyclic) bond motifs is 3. The molecule has 32 heavy (non-hydrogen) atoms. The SMILES string of the molecule is CC1(C)C(=O)NCCN1C(=O)c1ccc2c(n1)[C@]1(C)CCO[C@@H]1N2c1ccc(Cl)c(F)c1. The quantitative estimate of drug-likeness (QED) is 0.746. The first kappa shape index (κ1) is 21.2. The highest BCUT2D eigenvalue weighted by molar-refractivity contribution is 6.30. The van der Waals surface area contributed by atoms with E-state index >= 15 is 0 Å². The molecule has 2 fully saturated rings. The number of ether oxygens (including phenoxy) is 1. The van der Waals surface area contributed by atoms with Crippen molar-refractivity contribution >= 4 is 34.8 Å². The number of anilines is 2. The van der Waals surface area contributed by atoms with Crippen LogP contribution in [0.2, 0.25) is 5.02 Å². The molecule has 2 saturated heterocycles. The summed E-state index contributed by atoms with van der Waals surface area (Å²) in [4.78, 5) is 33.9. The molecule has 1 aromatic carbocycles. The van der Waals surface area contributed by atoms with Crippen molar-refractivity contribution in [1.82, 2.24) is 15.2 Å². The minimum atomic E-state index is -0.966. The van der Waals surface area contributed by atoms with E-state index in [1.807, 2.05) is 11.0 Å². The first-order valence-electron chi connectivity index (χ1n) is 10.6. The lowest BCUT2D eigenvalue weighted by Gasteiger charge is -2.41. The van der Waals surface area contributed by atoms with Crippen LogP contribution in [-0.4, -0.2) is 53.2 Å². The largest absolute Gasteiger partial charge is 0.357 e. The lowest BCUT2D eigenvalue weighted by Crippen LogP contribution is -2.63. The van der Waals surface area contributed by atoms with Crippen molar-refractivity contribution in [2.45, 2.75) is 44.4 Å². The summed E-state index contributed by atoms with van der Waals surface area (Å²) < 4.78 is 20.3. The molecule has 2 aromatic rings. The molecule has 5 rings (SSSR count). The summed E-state index contributed by atoms with van der Waals surface area (Å²) in [6.07, 6.45) is 0.354. The Morgan fingerprint density at radius 3 is 2.81 bits per heavy atom. The Labute approximate surface area is 190 Å². The van der Waals surface area contributed by atoms with Gasteiger partial charge < -0.3 is 19.9 Å². The molecule has 4 heterocycles. The molecule has 0 saturated carbocycles.